The Morgan fingerprint density at radius 3 is 2.44 bits per heavy atom. The topological polar surface area (TPSA) is 38.7 Å². The number of ether oxygens (including phenoxy) is 2. The molecular formula is C13H24O3. The average molecular weight is 228 g/mol. The molecule has 0 aromatic heterocycles. The smallest absolute Gasteiger partial charge is 0.240 e. The maximum Gasteiger partial charge on any atom is 0.240 e. The zero-order valence-electron chi connectivity index (χ0n) is 10.3. The first-order valence-corrected chi connectivity index (χ1v) is 6.49. The molecule has 16 heavy (non-hydrogen) atoms. The number of hydrogen-bond donors (Lipinski definition) is 1. The van der Waals surface area contributed by atoms with Gasteiger partial charge in [-0.1, -0.05) is 45.4 Å². The fraction of sp³-hybridized carbons (Fsp3) is 0.846. The summed E-state index contributed by atoms with van der Waals surface area (Å²) in [6.45, 7) is 2.17. The monoisotopic (exact) mass is 228 g/mol. The molecule has 1 aliphatic rings. The van der Waals surface area contributed by atoms with E-state index in [0.29, 0.717) is 5.76 Å². The molecular weight excluding hydrogens is 204 g/mol. The first kappa shape index (κ1) is 13.4. The highest BCUT2D eigenvalue weighted by molar-refractivity contribution is 4.91. The van der Waals surface area contributed by atoms with E-state index < -0.39 is 0 Å². The van der Waals surface area contributed by atoms with Crippen molar-refractivity contribution in [3.05, 3.63) is 12.0 Å². The van der Waals surface area contributed by atoms with Crippen LogP contribution in [0, 0.1) is 0 Å². The molecule has 1 unspecified atom stereocenters. The molecule has 0 saturated heterocycles. The molecule has 0 aliphatic carbocycles. The zero-order chi connectivity index (χ0) is 11.6. The molecule has 3 nitrogen and oxygen atoms in total. The fourth-order valence-electron chi connectivity index (χ4n) is 1.85. The van der Waals surface area contributed by atoms with Crippen LogP contribution in [0.3, 0.4) is 0 Å². The highest BCUT2D eigenvalue weighted by atomic mass is 16.7. The molecule has 0 fully saturated rings. The van der Waals surface area contributed by atoms with Gasteiger partial charge in [0, 0.05) is 6.42 Å². The third-order valence-corrected chi connectivity index (χ3v) is 2.83. The number of rotatable bonds is 9. The molecule has 0 aromatic rings. The molecule has 0 spiro atoms. The van der Waals surface area contributed by atoms with Gasteiger partial charge in [0.15, 0.2) is 5.76 Å². The van der Waals surface area contributed by atoms with Gasteiger partial charge in [0.2, 0.25) is 6.29 Å². The van der Waals surface area contributed by atoms with Crippen LogP contribution in [0.2, 0.25) is 0 Å². The van der Waals surface area contributed by atoms with Gasteiger partial charge >= 0.3 is 0 Å². The summed E-state index contributed by atoms with van der Waals surface area (Å²) in [5.41, 5.74) is 0. The van der Waals surface area contributed by atoms with Crippen LogP contribution >= 0.6 is 0 Å². The lowest BCUT2D eigenvalue weighted by atomic mass is 10.1. The fourth-order valence-corrected chi connectivity index (χ4v) is 1.85. The lowest BCUT2D eigenvalue weighted by Crippen LogP contribution is -2.08. The Kier molecular flexibility index (Phi) is 7.06. The molecule has 0 amide bonds. The van der Waals surface area contributed by atoms with Crippen molar-refractivity contribution in [1.29, 1.82) is 0 Å². The van der Waals surface area contributed by atoms with E-state index >= 15 is 0 Å². The summed E-state index contributed by atoms with van der Waals surface area (Å²) in [4.78, 5) is 0. The number of unbranched alkanes of at least 4 members (excludes halogenated alkanes) is 6. The molecule has 0 bridgehead atoms. The minimum atomic E-state index is -0.155. The van der Waals surface area contributed by atoms with Crippen molar-refractivity contribution in [1.82, 2.24) is 0 Å². The van der Waals surface area contributed by atoms with Crippen molar-refractivity contribution in [2.75, 3.05) is 6.61 Å². The van der Waals surface area contributed by atoms with E-state index in [-0.39, 0.29) is 12.9 Å². The summed E-state index contributed by atoms with van der Waals surface area (Å²) in [6.07, 6.45) is 11.4. The third kappa shape index (κ3) is 5.40. The van der Waals surface area contributed by atoms with Crippen LogP contribution in [0.5, 0.6) is 0 Å². The van der Waals surface area contributed by atoms with E-state index in [1.165, 1.54) is 44.8 Å². The second-order valence-corrected chi connectivity index (χ2v) is 4.34. The Morgan fingerprint density at radius 1 is 1.12 bits per heavy atom. The van der Waals surface area contributed by atoms with Crippen LogP contribution in [-0.4, -0.2) is 18.0 Å². The largest absolute Gasteiger partial charge is 0.459 e. The first-order chi connectivity index (χ1) is 7.86. The van der Waals surface area contributed by atoms with Crippen molar-refractivity contribution in [2.45, 2.75) is 64.6 Å². The lowest BCUT2D eigenvalue weighted by molar-refractivity contribution is -0.0433. The van der Waals surface area contributed by atoms with Crippen LogP contribution < -0.4 is 0 Å². The van der Waals surface area contributed by atoms with Crippen LogP contribution in [0.15, 0.2) is 12.0 Å². The summed E-state index contributed by atoms with van der Waals surface area (Å²) in [5.74, 6) is 0.549. The minimum absolute atomic E-state index is 0.0620. The van der Waals surface area contributed by atoms with Crippen molar-refractivity contribution in [3.8, 4) is 0 Å². The molecule has 1 N–H and O–H groups in total. The molecule has 0 radical (unpaired) electrons. The van der Waals surface area contributed by atoms with Crippen LogP contribution in [0.25, 0.3) is 0 Å². The van der Waals surface area contributed by atoms with Crippen LogP contribution in [0.1, 0.15) is 58.3 Å². The SMILES string of the molecule is CCCCCCCCCC1OC=C(CO)O1. The summed E-state index contributed by atoms with van der Waals surface area (Å²) >= 11 is 0. The van der Waals surface area contributed by atoms with E-state index in [1.54, 1.807) is 0 Å². The van der Waals surface area contributed by atoms with Gasteiger partial charge in [0.1, 0.15) is 12.9 Å². The Bertz CT molecular complexity index is 201. The first-order valence-electron chi connectivity index (χ1n) is 6.49. The van der Waals surface area contributed by atoms with Gasteiger partial charge < -0.3 is 14.6 Å². The highest BCUT2D eigenvalue weighted by Gasteiger charge is 2.17. The Hall–Kier alpha value is -0.700. The van der Waals surface area contributed by atoms with Gasteiger partial charge in [-0.05, 0) is 6.42 Å². The van der Waals surface area contributed by atoms with E-state index in [2.05, 4.69) is 6.92 Å². The number of aliphatic hydroxyl groups excluding tert-OH is 1. The van der Waals surface area contributed by atoms with Crippen LogP contribution in [-0.2, 0) is 9.47 Å². The Balaban J connectivity index is 1.85. The summed E-state index contributed by atoms with van der Waals surface area (Å²) in [7, 11) is 0. The molecule has 1 aliphatic heterocycles. The lowest BCUT2D eigenvalue weighted by Gasteiger charge is -2.10. The summed E-state index contributed by atoms with van der Waals surface area (Å²) in [5, 5.41) is 8.80. The van der Waals surface area contributed by atoms with E-state index in [4.69, 9.17) is 14.6 Å². The van der Waals surface area contributed by atoms with Gasteiger partial charge in [0.25, 0.3) is 0 Å². The second-order valence-electron chi connectivity index (χ2n) is 4.34. The molecule has 1 atom stereocenters. The van der Waals surface area contributed by atoms with Crippen molar-refractivity contribution < 1.29 is 14.6 Å². The quantitative estimate of drug-likeness (QED) is 0.615. The zero-order valence-corrected chi connectivity index (χ0v) is 10.3. The molecule has 94 valence electrons. The van der Waals surface area contributed by atoms with Crippen molar-refractivity contribution in [2.24, 2.45) is 0 Å². The van der Waals surface area contributed by atoms with Gasteiger partial charge in [-0.2, -0.15) is 0 Å². The molecule has 0 saturated carbocycles. The van der Waals surface area contributed by atoms with Gasteiger partial charge in [0.05, 0.1) is 0 Å². The minimum Gasteiger partial charge on any atom is -0.459 e. The summed E-state index contributed by atoms with van der Waals surface area (Å²) in [6, 6.07) is 0. The second kappa shape index (κ2) is 8.45. The van der Waals surface area contributed by atoms with Crippen molar-refractivity contribution >= 4 is 0 Å². The van der Waals surface area contributed by atoms with E-state index in [1.807, 2.05) is 0 Å². The molecule has 1 heterocycles. The van der Waals surface area contributed by atoms with Gasteiger partial charge in [-0.15, -0.1) is 0 Å². The Labute approximate surface area is 98.4 Å². The van der Waals surface area contributed by atoms with Crippen molar-refractivity contribution in [3.63, 3.8) is 0 Å². The molecule has 3 heteroatoms. The third-order valence-electron chi connectivity index (χ3n) is 2.83. The van der Waals surface area contributed by atoms with Gasteiger partial charge in [-0.25, -0.2) is 0 Å². The van der Waals surface area contributed by atoms with Gasteiger partial charge in [-0.3, -0.25) is 0 Å². The van der Waals surface area contributed by atoms with E-state index in [9.17, 15) is 0 Å². The average Bonchev–Trinajstić information content (AvgIpc) is 2.76. The standard InChI is InChI=1S/C13H24O3/c1-2-3-4-5-6-7-8-9-13-15-11-12(10-14)16-13/h11,13-14H,2-10H2,1H3. The van der Waals surface area contributed by atoms with Crippen LogP contribution in [0.4, 0.5) is 0 Å². The highest BCUT2D eigenvalue weighted by Crippen LogP contribution is 2.19. The predicted molar refractivity (Wildman–Crippen MR) is 63.7 cm³/mol. The molecule has 0 aromatic carbocycles. The predicted octanol–water partition coefficient (Wildman–Crippen LogP) is 3.33. The number of hydrogen-bond acceptors (Lipinski definition) is 3. The maximum absolute atomic E-state index is 8.80. The summed E-state index contributed by atoms with van der Waals surface area (Å²) < 4.78 is 10.6. The van der Waals surface area contributed by atoms with E-state index in [0.717, 1.165) is 12.8 Å². The molecule has 1 rings (SSSR count). The Morgan fingerprint density at radius 2 is 1.81 bits per heavy atom. The maximum atomic E-state index is 8.80. The number of aliphatic hydroxyl groups is 1. The normalized spacial score (nSPS) is 19.1.